The molecule has 0 radical (unpaired) electrons. The van der Waals surface area contributed by atoms with E-state index in [1.807, 2.05) is 6.07 Å². The van der Waals surface area contributed by atoms with Crippen molar-refractivity contribution in [3.63, 3.8) is 0 Å². The monoisotopic (exact) mass is 247 g/mol. The summed E-state index contributed by atoms with van der Waals surface area (Å²) in [6.07, 6.45) is 0.111. The first-order chi connectivity index (χ1) is 8.63. The third kappa shape index (κ3) is 2.28. The van der Waals surface area contributed by atoms with Gasteiger partial charge in [0.1, 0.15) is 11.9 Å². The SMILES string of the molecule is CN1CCN(c2cccc(F)c2)C(CC#N)C1=O. The normalized spacial score (nSPS) is 19.8. The van der Waals surface area contributed by atoms with Gasteiger partial charge in [-0.3, -0.25) is 4.79 Å². The average Bonchev–Trinajstić information content (AvgIpc) is 2.35. The Morgan fingerprint density at radius 1 is 1.50 bits per heavy atom. The number of rotatable bonds is 2. The number of likely N-dealkylation sites (N-methyl/N-ethyl adjacent to an activating group) is 1. The number of nitriles is 1. The van der Waals surface area contributed by atoms with Crippen molar-refractivity contribution < 1.29 is 9.18 Å². The number of piperazine rings is 1. The van der Waals surface area contributed by atoms with Crippen LogP contribution < -0.4 is 4.90 Å². The standard InChI is InChI=1S/C13H14FN3O/c1-16-7-8-17(12(5-6-15)13(16)18)11-4-2-3-10(14)9-11/h2-4,9,12H,5,7-8H2,1H3. The summed E-state index contributed by atoms with van der Waals surface area (Å²) in [4.78, 5) is 15.4. The summed E-state index contributed by atoms with van der Waals surface area (Å²) in [5, 5.41) is 8.82. The van der Waals surface area contributed by atoms with Crippen LogP contribution in [-0.4, -0.2) is 37.0 Å². The van der Waals surface area contributed by atoms with E-state index in [0.29, 0.717) is 18.8 Å². The molecule has 2 rings (SSSR count). The summed E-state index contributed by atoms with van der Waals surface area (Å²) < 4.78 is 13.2. The van der Waals surface area contributed by atoms with E-state index in [4.69, 9.17) is 5.26 Å². The smallest absolute Gasteiger partial charge is 0.246 e. The summed E-state index contributed by atoms with van der Waals surface area (Å²) in [5.74, 6) is -0.429. The highest BCUT2D eigenvalue weighted by Crippen LogP contribution is 2.23. The maximum absolute atomic E-state index is 13.2. The number of anilines is 1. The zero-order valence-corrected chi connectivity index (χ0v) is 10.1. The maximum Gasteiger partial charge on any atom is 0.246 e. The molecule has 1 aliphatic heterocycles. The number of amides is 1. The van der Waals surface area contributed by atoms with Gasteiger partial charge in [-0.2, -0.15) is 5.26 Å². The Morgan fingerprint density at radius 2 is 2.28 bits per heavy atom. The van der Waals surface area contributed by atoms with Crippen molar-refractivity contribution in [2.24, 2.45) is 0 Å². The van der Waals surface area contributed by atoms with Gasteiger partial charge in [0.25, 0.3) is 0 Å². The minimum atomic E-state index is -0.518. The maximum atomic E-state index is 13.2. The van der Waals surface area contributed by atoms with Crippen molar-refractivity contribution in [3.05, 3.63) is 30.1 Å². The number of carbonyl (C=O) groups is 1. The highest BCUT2D eigenvalue weighted by molar-refractivity contribution is 5.86. The van der Waals surface area contributed by atoms with Crippen LogP contribution in [0.1, 0.15) is 6.42 Å². The molecule has 0 spiro atoms. The van der Waals surface area contributed by atoms with Crippen LogP contribution in [0.25, 0.3) is 0 Å². The van der Waals surface area contributed by atoms with Crippen molar-refractivity contribution >= 4 is 11.6 Å². The molecule has 1 amide bonds. The van der Waals surface area contributed by atoms with E-state index in [1.165, 1.54) is 12.1 Å². The second-order valence-electron chi connectivity index (χ2n) is 4.31. The Kier molecular flexibility index (Phi) is 3.47. The van der Waals surface area contributed by atoms with Crippen molar-refractivity contribution in [1.29, 1.82) is 5.26 Å². The zero-order chi connectivity index (χ0) is 13.1. The number of halogens is 1. The number of hydrogen-bond acceptors (Lipinski definition) is 3. The van der Waals surface area contributed by atoms with E-state index in [9.17, 15) is 9.18 Å². The van der Waals surface area contributed by atoms with Crippen LogP contribution >= 0.6 is 0 Å². The van der Waals surface area contributed by atoms with E-state index in [0.717, 1.165) is 0 Å². The Balaban J connectivity index is 2.30. The fourth-order valence-electron chi connectivity index (χ4n) is 2.16. The van der Waals surface area contributed by atoms with Crippen molar-refractivity contribution in [2.45, 2.75) is 12.5 Å². The molecule has 0 saturated carbocycles. The lowest BCUT2D eigenvalue weighted by Crippen LogP contribution is -2.55. The van der Waals surface area contributed by atoms with Gasteiger partial charge in [-0.15, -0.1) is 0 Å². The molecule has 0 N–H and O–H groups in total. The molecule has 1 unspecified atom stereocenters. The molecular weight excluding hydrogens is 233 g/mol. The lowest BCUT2D eigenvalue weighted by atomic mass is 10.1. The molecule has 94 valence electrons. The van der Waals surface area contributed by atoms with Crippen LogP contribution in [-0.2, 0) is 4.79 Å². The van der Waals surface area contributed by atoms with Crippen LogP contribution in [0.5, 0.6) is 0 Å². The van der Waals surface area contributed by atoms with E-state index >= 15 is 0 Å². The minimum Gasteiger partial charge on any atom is -0.357 e. The fourth-order valence-corrected chi connectivity index (χ4v) is 2.16. The van der Waals surface area contributed by atoms with Gasteiger partial charge in [0.2, 0.25) is 5.91 Å². The summed E-state index contributed by atoms with van der Waals surface area (Å²) in [6.45, 7) is 1.19. The number of carbonyl (C=O) groups excluding carboxylic acids is 1. The van der Waals surface area contributed by atoms with Gasteiger partial charge >= 0.3 is 0 Å². The first kappa shape index (κ1) is 12.4. The van der Waals surface area contributed by atoms with Gasteiger partial charge in [0.05, 0.1) is 12.5 Å². The first-order valence-corrected chi connectivity index (χ1v) is 5.77. The van der Waals surface area contributed by atoms with Gasteiger partial charge in [-0.05, 0) is 18.2 Å². The molecule has 0 aromatic heterocycles. The molecular formula is C13H14FN3O. The van der Waals surface area contributed by atoms with E-state index in [-0.39, 0.29) is 18.1 Å². The fraction of sp³-hybridized carbons (Fsp3) is 0.385. The molecule has 0 aliphatic carbocycles. The van der Waals surface area contributed by atoms with Gasteiger partial charge in [0.15, 0.2) is 0 Å². The molecule has 1 saturated heterocycles. The lowest BCUT2D eigenvalue weighted by molar-refractivity contribution is -0.132. The summed E-state index contributed by atoms with van der Waals surface area (Å²) in [7, 11) is 1.72. The highest BCUT2D eigenvalue weighted by Gasteiger charge is 2.33. The molecule has 5 heteroatoms. The van der Waals surface area contributed by atoms with E-state index in [1.54, 1.807) is 29.0 Å². The number of nitrogens with zero attached hydrogens (tertiary/aromatic N) is 3. The topological polar surface area (TPSA) is 47.3 Å². The second kappa shape index (κ2) is 5.05. The number of hydrogen-bond donors (Lipinski definition) is 0. The molecule has 1 atom stereocenters. The predicted octanol–water partition coefficient (Wildman–Crippen LogP) is 1.39. The largest absolute Gasteiger partial charge is 0.357 e. The quantitative estimate of drug-likeness (QED) is 0.793. The predicted molar refractivity (Wildman–Crippen MR) is 65.4 cm³/mol. The Labute approximate surface area is 105 Å². The summed E-state index contributed by atoms with van der Waals surface area (Å²) >= 11 is 0. The highest BCUT2D eigenvalue weighted by atomic mass is 19.1. The van der Waals surface area contributed by atoms with Crippen LogP contribution in [0.2, 0.25) is 0 Å². The number of benzene rings is 1. The minimum absolute atomic E-state index is 0.0907. The molecule has 18 heavy (non-hydrogen) atoms. The zero-order valence-electron chi connectivity index (χ0n) is 10.1. The molecule has 0 bridgehead atoms. The van der Waals surface area contributed by atoms with E-state index in [2.05, 4.69) is 0 Å². The average molecular weight is 247 g/mol. The van der Waals surface area contributed by atoms with E-state index < -0.39 is 6.04 Å². The van der Waals surface area contributed by atoms with Crippen molar-refractivity contribution in [2.75, 3.05) is 25.0 Å². The molecule has 1 aliphatic rings. The van der Waals surface area contributed by atoms with Crippen molar-refractivity contribution in [1.82, 2.24) is 4.90 Å². The molecule has 4 nitrogen and oxygen atoms in total. The lowest BCUT2D eigenvalue weighted by Gasteiger charge is -2.39. The Morgan fingerprint density at radius 3 is 2.94 bits per heavy atom. The molecule has 1 fully saturated rings. The third-order valence-electron chi connectivity index (χ3n) is 3.14. The Bertz CT molecular complexity index is 497. The third-order valence-corrected chi connectivity index (χ3v) is 3.14. The Hall–Kier alpha value is -2.09. The van der Waals surface area contributed by atoms with Gasteiger partial charge in [0, 0.05) is 25.8 Å². The first-order valence-electron chi connectivity index (χ1n) is 5.77. The second-order valence-corrected chi connectivity index (χ2v) is 4.31. The molecule has 1 heterocycles. The molecule has 1 aromatic rings. The van der Waals surface area contributed by atoms with Gasteiger partial charge in [-0.1, -0.05) is 6.07 Å². The van der Waals surface area contributed by atoms with Crippen molar-refractivity contribution in [3.8, 4) is 6.07 Å². The van der Waals surface area contributed by atoms with Gasteiger partial charge in [-0.25, -0.2) is 4.39 Å². The van der Waals surface area contributed by atoms with Crippen LogP contribution in [0, 0.1) is 17.1 Å². The van der Waals surface area contributed by atoms with Gasteiger partial charge < -0.3 is 9.80 Å². The summed E-state index contributed by atoms with van der Waals surface area (Å²) in [6, 6.07) is 7.62. The van der Waals surface area contributed by atoms with Crippen LogP contribution in [0.3, 0.4) is 0 Å². The summed E-state index contributed by atoms with van der Waals surface area (Å²) in [5.41, 5.74) is 0.650. The molecule has 1 aromatic carbocycles. The van der Waals surface area contributed by atoms with Crippen LogP contribution in [0.4, 0.5) is 10.1 Å². The van der Waals surface area contributed by atoms with Crippen LogP contribution in [0.15, 0.2) is 24.3 Å².